The van der Waals surface area contributed by atoms with Crippen LogP contribution in [0.2, 0.25) is 0 Å². The first kappa shape index (κ1) is 11.9. The molecule has 0 radical (unpaired) electrons. The molecule has 1 aromatic rings. The number of rotatable bonds is 3. The van der Waals surface area contributed by atoms with E-state index in [4.69, 9.17) is 11.1 Å². The summed E-state index contributed by atoms with van der Waals surface area (Å²) >= 11 is 0. The Morgan fingerprint density at radius 1 is 1.59 bits per heavy atom. The number of hydrogen-bond donors (Lipinski definition) is 2. The van der Waals surface area contributed by atoms with Gasteiger partial charge in [0.05, 0.1) is 5.56 Å². The van der Waals surface area contributed by atoms with Gasteiger partial charge in [-0.25, -0.2) is 4.98 Å². The van der Waals surface area contributed by atoms with Crippen molar-refractivity contribution < 1.29 is 0 Å². The van der Waals surface area contributed by atoms with Gasteiger partial charge in [0.1, 0.15) is 11.7 Å². The summed E-state index contributed by atoms with van der Waals surface area (Å²) in [7, 11) is 0. The Bertz CT molecular complexity index is 416. The summed E-state index contributed by atoms with van der Waals surface area (Å²) in [5.74, 6) is 0.971. The first-order valence-electron chi connectivity index (χ1n) is 6.23. The van der Waals surface area contributed by atoms with Gasteiger partial charge in [-0.15, -0.1) is 0 Å². The van der Waals surface area contributed by atoms with Gasteiger partial charge in [0, 0.05) is 18.3 Å². The second kappa shape index (κ2) is 4.73. The monoisotopic (exact) mass is 232 g/mol. The Balaban J connectivity index is 2.41. The van der Waals surface area contributed by atoms with Crippen molar-refractivity contribution >= 4 is 11.7 Å². The Morgan fingerprint density at radius 2 is 2.35 bits per heavy atom. The molecule has 0 aliphatic carbocycles. The molecule has 2 atom stereocenters. The van der Waals surface area contributed by atoms with Crippen LogP contribution in [0.25, 0.3) is 0 Å². The average Bonchev–Trinajstić information content (AvgIpc) is 2.70. The van der Waals surface area contributed by atoms with Crippen molar-refractivity contribution in [2.45, 2.75) is 45.2 Å². The molecular weight excluding hydrogens is 212 g/mol. The Morgan fingerprint density at radius 3 is 3.00 bits per heavy atom. The normalized spacial score (nSPS) is 24.0. The van der Waals surface area contributed by atoms with Crippen molar-refractivity contribution in [2.75, 3.05) is 4.90 Å². The van der Waals surface area contributed by atoms with Crippen LogP contribution in [0.1, 0.15) is 38.7 Å². The summed E-state index contributed by atoms with van der Waals surface area (Å²) in [4.78, 5) is 6.77. The maximum absolute atomic E-state index is 7.64. The molecule has 0 amide bonds. The SMILES string of the molecule is CCC1CCC(C)N1c1ncccc1C(=N)N. The second-order valence-corrected chi connectivity index (χ2v) is 4.68. The van der Waals surface area contributed by atoms with Crippen LogP contribution in [0.15, 0.2) is 18.3 Å². The van der Waals surface area contributed by atoms with Gasteiger partial charge in [-0.1, -0.05) is 6.92 Å². The van der Waals surface area contributed by atoms with Gasteiger partial charge in [0.15, 0.2) is 0 Å². The van der Waals surface area contributed by atoms with Crippen LogP contribution in [-0.2, 0) is 0 Å². The number of nitrogens with one attached hydrogen (secondary N) is 1. The number of anilines is 1. The van der Waals surface area contributed by atoms with E-state index in [1.165, 1.54) is 12.8 Å². The van der Waals surface area contributed by atoms with Gasteiger partial charge >= 0.3 is 0 Å². The number of pyridine rings is 1. The van der Waals surface area contributed by atoms with E-state index in [0.29, 0.717) is 12.1 Å². The Labute approximate surface area is 102 Å². The maximum Gasteiger partial charge on any atom is 0.139 e. The molecule has 1 aliphatic heterocycles. The number of nitrogens with zero attached hydrogens (tertiary/aromatic N) is 2. The van der Waals surface area contributed by atoms with Crippen LogP contribution < -0.4 is 10.6 Å². The molecule has 2 heterocycles. The van der Waals surface area contributed by atoms with E-state index in [1.54, 1.807) is 6.20 Å². The van der Waals surface area contributed by atoms with E-state index >= 15 is 0 Å². The van der Waals surface area contributed by atoms with Crippen molar-refractivity contribution in [3.8, 4) is 0 Å². The lowest BCUT2D eigenvalue weighted by Gasteiger charge is -2.30. The molecule has 0 bridgehead atoms. The number of nitrogen functional groups attached to an aromatic ring is 1. The van der Waals surface area contributed by atoms with E-state index in [9.17, 15) is 0 Å². The molecule has 0 spiro atoms. The van der Waals surface area contributed by atoms with Crippen LogP contribution in [-0.4, -0.2) is 22.9 Å². The van der Waals surface area contributed by atoms with Crippen LogP contribution in [0.4, 0.5) is 5.82 Å². The van der Waals surface area contributed by atoms with Crippen molar-refractivity contribution in [1.29, 1.82) is 5.41 Å². The van der Waals surface area contributed by atoms with E-state index in [0.717, 1.165) is 17.8 Å². The van der Waals surface area contributed by atoms with E-state index < -0.39 is 0 Å². The molecule has 2 rings (SSSR count). The van der Waals surface area contributed by atoms with E-state index in [1.807, 2.05) is 12.1 Å². The number of aromatic nitrogens is 1. The minimum absolute atomic E-state index is 0.0991. The highest BCUT2D eigenvalue weighted by atomic mass is 15.3. The zero-order valence-corrected chi connectivity index (χ0v) is 10.5. The summed E-state index contributed by atoms with van der Waals surface area (Å²) in [6, 6.07) is 4.72. The third-order valence-electron chi connectivity index (χ3n) is 3.58. The summed E-state index contributed by atoms with van der Waals surface area (Å²) in [5, 5.41) is 7.64. The van der Waals surface area contributed by atoms with Crippen LogP contribution in [0.5, 0.6) is 0 Å². The smallest absolute Gasteiger partial charge is 0.139 e. The Kier molecular flexibility index (Phi) is 3.31. The second-order valence-electron chi connectivity index (χ2n) is 4.68. The van der Waals surface area contributed by atoms with Crippen LogP contribution in [0.3, 0.4) is 0 Å². The highest BCUT2D eigenvalue weighted by Gasteiger charge is 2.31. The van der Waals surface area contributed by atoms with Gasteiger partial charge in [-0.3, -0.25) is 5.41 Å². The number of nitrogens with two attached hydrogens (primary N) is 1. The third kappa shape index (κ3) is 2.12. The molecular formula is C13H20N4. The predicted octanol–water partition coefficient (Wildman–Crippen LogP) is 2.13. The molecule has 4 heteroatoms. The van der Waals surface area contributed by atoms with Crippen molar-refractivity contribution in [1.82, 2.24) is 4.98 Å². The standard InChI is InChI=1S/C13H20N4/c1-3-10-7-6-9(2)17(10)13-11(12(14)15)5-4-8-16-13/h4-5,8-10H,3,6-7H2,1-2H3,(H3,14,15). The fraction of sp³-hybridized carbons (Fsp3) is 0.538. The maximum atomic E-state index is 7.64. The van der Waals surface area contributed by atoms with Gasteiger partial charge < -0.3 is 10.6 Å². The zero-order chi connectivity index (χ0) is 12.4. The topological polar surface area (TPSA) is 66.0 Å². The largest absolute Gasteiger partial charge is 0.384 e. The molecule has 1 aromatic heterocycles. The fourth-order valence-electron chi connectivity index (χ4n) is 2.67. The average molecular weight is 232 g/mol. The molecule has 0 saturated carbocycles. The first-order valence-corrected chi connectivity index (χ1v) is 6.23. The van der Waals surface area contributed by atoms with Gasteiger partial charge in [0.25, 0.3) is 0 Å². The van der Waals surface area contributed by atoms with Crippen LogP contribution >= 0.6 is 0 Å². The Hall–Kier alpha value is -1.58. The lowest BCUT2D eigenvalue weighted by atomic mass is 10.1. The quantitative estimate of drug-likeness (QED) is 0.619. The molecule has 1 aliphatic rings. The molecule has 3 N–H and O–H groups in total. The summed E-state index contributed by atoms with van der Waals surface area (Å²) in [5.41, 5.74) is 6.38. The van der Waals surface area contributed by atoms with Gasteiger partial charge in [-0.05, 0) is 38.3 Å². The lowest BCUT2D eigenvalue weighted by molar-refractivity contribution is 0.621. The van der Waals surface area contributed by atoms with Crippen molar-refractivity contribution in [2.24, 2.45) is 5.73 Å². The fourth-order valence-corrected chi connectivity index (χ4v) is 2.67. The number of amidine groups is 1. The molecule has 92 valence electrons. The molecule has 1 saturated heterocycles. The number of hydrogen-bond acceptors (Lipinski definition) is 3. The predicted molar refractivity (Wildman–Crippen MR) is 70.5 cm³/mol. The minimum atomic E-state index is 0.0991. The summed E-state index contributed by atoms with van der Waals surface area (Å²) < 4.78 is 0. The zero-order valence-electron chi connectivity index (χ0n) is 10.5. The molecule has 4 nitrogen and oxygen atoms in total. The lowest BCUT2D eigenvalue weighted by Crippen LogP contribution is -2.36. The van der Waals surface area contributed by atoms with Crippen molar-refractivity contribution in [3.63, 3.8) is 0 Å². The summed E-state index contributed by atoms with van der Waals surface area (Å²) in [6.45, 7) is 4.42. The highest BCUT2D eigenvalue weighted by molar-refractivity contribution is 5.99. The minimum Gasteiger partial charge on any atom is -0.384 e. The molecule has 0 aromatic carbocycles. The van der Waals surface area contributed by atoms with E-state index in [2.05, 4.69) is 23.7 Å². The first-order chi connectivity index (χ1) is 8.15. The molecule has 1 fully saturated rings. The van der Waals surface area contributed by atoms with Gasteiger partial charge in [-0.2, -0.15) is 0 Å². The van der Waals surface area contributed by atoms with Gasteiger partial charge in [0.2, 0.25) is 0 Å². The summed E-state index contributed by atoms with van der Waals surface area (Å²) in [6.07, 6.45) is 5.27. The van der Waals surface area contributed by atoms with Crippen LogP contribution in [0, 0.1) is 5.41 Å². The van der Waals surface area contributed by atoms with E-state index in [-0.39, 0.29) is 5.84 Å². The molecule has 17 heavy (non-hydrogen) atoms. The highest BCUT2D eigenvalue weighted by Crippen LogP contribution is 2.32. The third-order valence-corrected chi connectivity index (χ3v) is 3.58. The molecule has 2 unspecified atom stereocenters. The van der Waals surface area contributed by atoms with Crippen molar-refractivity contribution in [3.05, 3.63) is 23.9 Å².